The molecule has 0 radical (unpaired) electrons. The van der Waals surface area contributed by atoms with Gasteiger partial charge in [0.2, 0.25) is 0 Å². The number of nitrogens with zero attached hydrogens (tertiary/aromatic N) is 5. The van der Waals surface area contributed by atoms with Gasteiger partial charge in [-0.05, 0) is 35.2 Å². The van der Waals surface area contributed by atoms with Crippen LogP contribution in [0.25, 0.3) is 11.2 Å². The van der Waals surface area contributed by atoms with E-state index in [0.29, 0.717) is 11.7 Å². The van der Waals surface area contributed by atoms with Crippen LogP contribution in [-0.2, 0) is 0 Å². The minimum Gasteiger partial charge on any atom is -0.383 e. The Morgan fingerprint density at radius 3 is 2.88 bits per heavy atom. The highest BCUT2D eigenvalue weighted by Crippen LogP contribution is 2.38. The first-order chi connectivity index (χ1) is 12.0. The van der Waals surface area contributed by atoms with Crippen molar-refractivity contribution in [1.82, 2.24) is 19.6 Å². The third kappa shape index (κ3) is 2.93. The van der Waals surface area contributed by atoms with Gasteiger partial charge in [-0.1, -0.05) is 12.5 Å². The van der Waals surface area contributed by atoms with Crippen molar-refractivity contribution < 1.29 is 0 Å². The van der Waals surface area contributed by atoms with Gasteiger partial charge in [-0.15, -0.1) is 0 Å². The quantitative estimate of drug-likeness (QED) is 0.801. The summed E-state index contributed by atoms with van der Waals surface area (Å²) in [6.07, 6.45) is 10.0. The van der Waals surface area contributed by atoms with E-state index in [-0.39, 0.29) is 6.04 Å². The number of rotatable bonds is 2. The molecule has 0 spiro atoms. The highest BCUT2D eigenvalue weighted by atomic mass is 79.9. The normalized spacial score (nSPS) is 24.0. The molecule has 1 saturated carbocycles. The predicted molar refractivity (Wildman–Crippen MR) is 103 cm³/mol. The second-order valence-corrected chi connectivity index (χ2v) is 7.65. The first kappa shape index (κ1) is 16.5. The average molecular weight is 404 g/mol. The van der Waals surface area contributed by atoms with Gasteiger partial charge in [-0.2, -0.15) is 14.7 Å². The number of nitrogen functional groups attached to an aromatic ring is 1. The molecule has 25 heavy (non-hydrogen) atoms. The topological polar surface area (TPSA) is 97.8 Å². The third-order valence-electron chi connectivity index (χ3n) is 5.03. The lowest BCUT2D eigenvalue weighted by Crippen LogP contribution is -2.27. The van der Waals surface area contributed by atoms with Gasteiger partial charge in [0.15, 0.2) is 5.65 Å². The van der Waals surface area contributed by atoms with E-state index in [0.717, 1.165) is 59.2 Å². The molecule has 0 bridgehead atoms. The zero-order valence-corrected chi connectivity index (χ0v) is 15.8. The van der Waals surface area contributed by atoms with Crippen LogP contribution in [0.5, 0.6) is 0 Å². The summed E-state index contributed by atoms with van der Waals surface area (Å²) >= 11 is 3.63. The molecule has 2 aliphatic rings. The largest absolute Gasteiger partial charge is 0.383 e. The molecule has 0 saturated heterocycles. The van der Waals surface area contributed by atoms with Crippen LogP contribution in [0.2, 0.25) is 0 Å². The molecule has 0 aromatic carbocycles. The Morgan fingerprint density at radius 2 is 2.16 bits per heavy atom. The fourth-order valence-electron chi connectivity index (χ4n) is 3.63. The maximum atomic E-state index is 6.35. The minimum absolute atomic E-state index is 0.234. The van der Waals surface area contributed by atoms with E-state index in [1.165, 1.54) is 0 Å². The van der Waals surface area contributed by atoms with Crippen molar-refractivity contribution in [1.29, 1.82) is 0 Å². The van der Waals surface area contributed by atoms with Crippen LogP contribution < -0.4 is 11.5 Å². The molecule has 1 fully saturated rings. The molecule has 2 aromatic heterocycles. The van der Waals surface area contributed by atoms with E-state index in [1.807, 2.05) is 24.5 Å². The summed E-state index contributed by atoms with van der Waals surface area (Å²) in [6, 6.07) is 0.234. The van der Waals surface area contributed by atoms with Crippen molar-refractivity contribution in [2.75, 3.05) is 19.3 Å². The van der Waals surface area contributed by atoms with E-state index in [9.17, 15) is 0 Å². The Balaban J connectivity index is 1.81. The molecule has 2 aromatic rings. The lowest BCUT2D eigenvalue weighted by molar-refractivity contribution is 0.387. The number of fused-ring (bicyclic) bond motifs is 1. The van der Waals surface area contributed by atoms with Crippen LogP contribution in [-0.4, -0.2) is 45.5 Å². The highest BCUT2D eigenvalue weighted by molar-refractivity contribution is 9.10. The van der Waals surface area contributed by atoms with E-state index in [2.05, 4.69) is 32.2 Å². The maximum Gasteiger partial charge on any atom is 0.165 e. The van der Waals surface area contributed by atoms with Gasteiger partial charge in [0.25, 0.3) is 0 Å². The summed E-state index contributed by atoms with van der Waals surface area (Å²) < 4.78 is 2.53. The molecule has 3 heterocycles. The molecular formula is C17H22BrN7. The van der Waals surface area contributed by atoms with Gasteiger partial charge < -0.3 is 11.5 Å². The number of hydrogen-bond acceptors (Lipinski definition) is 6. The third-order valence-corrected chi connectivity index (χ3v) is 5.84. The van der Waals surface area contributed by atoms with Crippen molar-refractivity contribution in [3.63, 3.8) is 0 Å². The molecule has 0 amide bonds. The lowest BCUT2D eigenvalue weighted by atomic mass is 9.84. The molecule has 2 atom stereocenters. The highest BCUT2D eigenvalue weighted by Gasteiger charge is 2.26. The summed E-state index contributed by atoms with van der Waals surface area (Å²) in [5, 5.41) is 10.7. The second kappa shape index (κ2) is 6.42. The Labute approximate surface area is 154 Å². The first-order valence-corrected chi connectivity index (χ1v) is 9.37. The van der Waals surface area contributed by atoms with Gasteiger partial charge in [0.05, 0.1) is 29.1 Å². The summed E-state index contributed by atoms with van der Waals surface area (Å²) in [4.78, 5) is 4.95. The molecular weight excluding hydrogens is 382 g/mol. The van der Waals surface area contributed by atoms with E-state index >= 15 is 0 Å². The number of allylic oxidation sites excluding steroid dienone is 1. The van der Waals surface area contributed by atoms with Crippen molar-refractivity contribution >= 4 is 39.2 Å². The zero-order chi connectivity index (χ0) is 17.6. The van der Waals surface area contributed by atoms with Gasteiger partial charge in [-0.25, -0.2) is 4.98 Å². The zero-order valence-electron chi connectivity index (χ0n) is 14.2. The van der Waals surface area contributed by atoms with Crippen molar-refractivity contribution in [3.8, 4) is 0 Å². The maximum absolute atomic E-state index is 6.35. The van der Waals surface area contributed by atoms with E-state index in [1.54, 1.807) is 4.52 Å². The van der Waals surface area contributed by atoms with Crippen LogP contribution in [0.4, 0.5) is 5.82 Å². The summed E-state index contributed by atoms with van der Waals surface area (Å²) in [5.74, 6) is 0.907. The number of hydrazone groups is 1. The van der Waals surface area contributed by atoms with Crippen LogP contribution in [0, 0.1) is 0 Å². The molecule has 132 valence electrons. The molecule has 4 rings (SSSR count). The monoisotopic (exact) mass is 403 g/mol. The Bertz CT molecular complexity index is 869. The van der Waals surface area contributed by atoms with Gasteiger partial charge >= 0.3 is 0 Å². The first-order valence-electron chi connectivity index (χ1n) is 8.58. The fourth-order valence-corrected chi connectivity index (χ4v) is 4.21. The number of anilines is 1. The minimum atomic E-state index is 0.234. The van der Waals surface area contributed by atoms with Crippen LogP contribution in [0.15, 0.2) is 21.8 Å². The van der Waals surface area contributed by atoms with Gasteiger partial charge in [0.1, 0.15) is 5.82 Å². The predicted octanol–water partition coefficient (Wildman–Crippen LogP) is 2.37. The summed E-state index contributed by atoms with van der Waals surface area (Å²) in [7, 11) is 1.94. The van der Waals surface area contributed by atoms with Crippen LogP contribution in [0.3, 0.4) is 0 Å². The number of hydrogen-bond donors (Lipinski definition) is 2. The Kier molecular flexibility index (Phi) is 4.24. The van der Waals surface area contributed by atoms with Crippen molar-refractivity contribution in [2.24, 2.45) is 10.8 Å². The number of nitrogens with two attached hydrogens (primary N) is 2. The second-order valence-electron chi connectivity index (χ2n) is 6.86. The Morgan fingerprint density at radius 1 is 1.32 bits per heavy atom. The Hall–Kier alpha value is -1.93. The van der Waals surface area contributed by atoms with Crippen molar-refractivity contribution in [2.45, 2.75) is 37.6 Å². The molecule has 1 aliphatic heterocycles. The lowest BCUT2D eigenvalue weighted by Gasteiger charge is -2.27. The van der Waals surface area contributed by atoms with Crippen molar-refractivity contribution in [3.05, 3.63) is 28.0 Å². The van der Waals surface area contributed by atoms with E-state index < -0.39 is 0 Å². The van der Waals surface area contributed by atoms with Gasteiger partial charge in [-0.3, -0.25) is 5.01 Å². The number of aromatic nitrogens is 3. The van der Waals surface area contributed by atoms with E-state index in [4.69, 9.17) is 16.5 Å². The standard InChI is InChI=1S/C17H22BrN7/c1-24-6-5-11(8-21-24)13-9-22-25-16(20)14(18)15(23-17(13)25)10-3-2-4-12(19)7-10/h5,8-10,12H,2-4,6-7,19-20H2,1H3. The molecule has 7 nitrogen and oxygen atoms in total. The SMILES string of the molecule is CN1CC=C(c2cnn3c(N)c(Br)c(C4CCCC(N)C4)nc23)C=N1. The number of halogens is 1. The van der Waals surface area contributed by atoms with Crippen LogP contribution >= 0.6 is 15.9 Å². The molecule has 1 aliphatic carbocycles. The fraction of sp³-hybridized carbons (Fsp3) is 0.471. The molecule has 4 N–H and O–H groups in total. The summed E-state index contributed by atoms with van der Waals surface area (Å²) in [5.41, 5.74) is 16.3. The summed E-state index contributed by atoms with van der Waals surface area (Å²) in [6.45, 7) is 0.763. The number of likely N-dealkylation sites (N-methyl/N-ethyl adjacent to an activating group) is 1. The smallest absolute Gasteiger partial charge is 0.165 e. The molecule has 8 heteroatoms. The van der Waals surface area contributed by atoms with Crippen LogP contribution in [0.1, 0.15) is 42.9 Å². The average Bonchev–Trinajstić information content (AvgIpc) is 3.03. The molecule has 2 unspecified atom stereocenters. The van der Waals surface area contributed by atoms with Gasteiger partial charge in [0, 0.05) is 30.1 Å².